The second kappa shape index (κ2) is 9.93. The molecule has 2 bridgehead atoms. The van der Waals surface area contributed by atoms with Crippen LogP contribution < -0.4 is 10.5 Å². The third-order valence-corrected chi connectivity index (χ3v) is 10.0. The van der Waals surface area contributed by atoms with Crippen molar-refractivity contribution < 1.29 is 39.0 Å². The number of sulfone groups is 1. The van der Waals surface area contributed by atoms with Crippen molar-refractivity contribution in [2.75, 3.05) is 11.9 Å². The van der Waals surface area contributed by atoms with Gasteiger partial charge < -0.3 is 5.32 Å². The van der Waals surface area contributed by atoms with Gasteiger partial charge in [0.25, 0.3) is 5.91 Å². The van der Waals surface area contributed by atoms with Crippen molar-refractivity contribution in [3.05, 3.63) is 58.4 Å². The summed E-state index contributed by atoms with van der Waals surface area (Å²) in [7, 11) is -8.11. The van der Waals surface area contributed by atoms with Gasteiger partial charge in [-0.25, -0.2) is 26.7 Å². The number of benzene rings is 2. The average molecular weight is 567 g/mol. The first-order valence-corrected chi connectivity index (χ1v) is 14.3. The molecular weight excluding hydrogens is 545 g/mol. The highest BCUT2D eigenvalue weighted by molar-refractivity contribution is 7.92. The number of nitrogens with one attached hydrogen (secondary N) is 1. The van der Waals surface area contributed by atoms with E-state index in [1.54, 1.807) is 0 Å². The fourth-order valence-corrected chi connectivity index (χ4v) is 8.53. The van der Waals surface area contributed by atoms with Crippen molar-refractivity contribution in [1.82, 2.24) is 0 Å². The van der Waals surface area contributed by atoms with Crippen LogP contribution in [0, 0.1) is 35.2 Å². The molecule has 3 N–H and O–H groups in total. The fourth-order valence-electron chi connectivity index (χ4n) is 5.27. The van der Waals surface area contributed by atoms with Crippen LogP contribution in [0.4, 0.5) is 18.9 Å². The van der Waals surface area contributed by atoms with Crippen LogP contribution in [0.2, 0.25) is 5.02 Å². The lowest BCUT2D eigenvalue weighted by atomic mass is 9.81. The number of hydrogen-bond donors (Lipinski definition) is 2. The number of carbonyl (C=O) groups excluding carboxylic acids is 1. The van der Waals surface area contributed by atoms with Crippen LogP contribution in [0.15, 0.2) is 35.2 Å². The second-order valence-corrected chi connectivity index (χ2v) is 12.8. The van der Waals surface area contributed by atoms with Crippen molar-refractivity contribution in [1.29, 1.82) is 0 Å². The van der Waals surface area contributed by atoms with Gasteiger partial charge in [0, 0.05) is 23.4 Å². The zero-order chi connectivity index (χ0) is 26.4. The lowest BCUT2D eigenvalue weighted by molar-refractivity contribution is 0.102. The molecule has 3 unspecified atom stereocenters. The highest BCUT2D eigenvalue weighted by atomic mass is 35.5. The number of hydrogen-bond acceptors (Lipinski definition) is 6. The number of fused-ring (bicyclic) bond motifs is 2. The van der Waals surface area contributed by atoms with E-state index in [1.807, 2.05) is 0 Å². The largest absolute Gasteiger partial charge is 0.333 e. The molecule has 1 amide bonds. The van der Waals surface area contributed by atoms with E-state index >= 15 is 0 Å². The van der Waals surface area contributed by atoms with Crippen molar-refractivity contribution in [2.24, 2.45) is 22.9 Å². The van der Waals surface area contributed by atoms with Gasteiger partial charge in [0.2, 0.25) is 0 Å². The molecule has 196 valence electrons. The smallest absolute Gasteiger partial charge is 0.322 e. The molecule has 2 fully saturated rings. The first-order chi connectivity index (χ1) is 16.8. The molecule has 2 aromatic carbocycles. The van der Waals surface area contributed by atoms with Gasteiger partial charge in [-0.2, -0.15) is 8.42 Å². The van der Waals surface area contributed by atoms with Crippen molar-refractivity contribution in [3.63, 3.8) is 0 Å². The molecule has 2 aliphatic carbocycles. The number of halogens is 4. The summed E-state index contributed by atoms with van der Waals surface area (Å²) >= 11 is 6.22. The van der Waals surface area contributed by atoms with Crippen LogP contribution in [-0.2, 0) is 24.3 Å². The molecule has 4 rings (SSSR count). The molecule has 2 aliphatic rings. The summed E-state index contributed by atoms with van der Waals surface area (Å²) in [5, 5.41) is 6.23. The van der Waals surface area contributed by atoms with Gasteiger partial charge in [0.15, 0.2) is 27.3 Å². The quantitative estimate of drug-likeness (QED) is 0.490. The Bertz CT molecular complexity index is 1380. The molecule has 2 saturated carbocycles. The summed E-state index contributed by atoms with van der Waals surface area (Å²) in [6.45, 7) is -0.125. The standard InChI is InChI=1S/C22H22ClF3N2O6S2/c23-16-4-3-14(22(29)28-15-8-17(24)20(26)18(25)9-15)7-19(16)35(30,31)21-12-1-2-13(21)6-11(5-12)10-34-36(27,32)33/h3-4,7-9,11-13,21H,1-2,5-6,10H2,(H,28,29)(H2,27,32,33)/t11?,12-,13?,21?/m0/s1. The highest BCUT2D eigenvalue weighted by Gasteiger charge is 2.50. The topological polar surface area (TPSA) is 133 Å². The summed E-state index contributed by atoms with van der Waals surface area (Å²) in [5.74, 6) is -6.25. The van der Waals surface area contributed by atoms with E-state index in [0.29, 0.717) is 37.8 Å². The molecule has 0 saturated heterocycles. The molecule has 0 heterocycles. The maximum atomic E-state index is 13.6. The summed E-state index contributed by atoms with van der Waals surface area (Å²) in [6.07, 6.45) is 2.10. The Labute approximate surface area is 211 Å². The Morgan fingerprint density at radius 2 is 1.61 bits per heavy atom. The Balaban J connectivity index is 1.56. The Hall–Kier alpha value is -2.19. The number of anilines is 1. The molecular formula is C22H22ClF3N2O6S2. The van der Waals surface area contributed by atoms with Gasteiger partial charge >= 0.3 is 10.3 Å². The van der Waals surface area contributed by atoms with Crippen molar-refractivity contribution >= 4 is 43.3 Å². The first-order valence-electron chi connectivity index (χ1n) is 10.9. The lowest BCUT2D eigenvalue weighted by Gasteiger charge is -2.34. The number of nitrogens with two attached hydrogens (primary N) is 1. The molecule has 36 heavy (non-hydrogen) atoms. The van der Waals surface area contributed by atoms with E-state index in [1.165, 1.54) is 12.1 Å². The minimum Gasteiger partial charge on any atom is -0.322 e. The SMILES string of the molecule is NS(=O)(=O)OCC1CC2CC[C@@H](C1)C2S(=O)(=O)c1cc(C(=O)Nc2cc(F)c(F)c(F)c2)ccc1Cl. The van der Waals surface area contributed by atoms with Gasteiger partial charge in [-0.05, 0) is 61.6 Å². The number of carbonyl (C=O) groups is 1. The molecule has 4 atom stereocenters. The van der Waals surface area contributed by atoms with Crippen LogP contribution in [0.25, 0.3) is 0 Å². The fraction of sp³-hybridized carbons (Fsp3) is 0.409. The molecule has 0 radical (unpaired) electrons. The normalized spacial score (nSPS) is 24.0. The van der Waals surface area contributed by atoms with E-state index in [9.17, 15) is 34.8 Å². The summed E-state index contributed by atoms with van der Waals surface area (Å²) in [4.78, 5) is 12.4. The van der Waals surface area contributed by atoms with Crippen LogP contribution in [0.1, 0.15) is 36.0 Å². The van der Waals surface area contributed by atoms with Crippen LogP contribution in [0.3, 0.4) is 0 Å². The minimum absolute atomic E-state index is 0.0931. The van der Waals surface area contributed by atoms with Crippen LogP contribution >= 0.6 is 11.6 Å². The Morgan fingerprint density at radius 3 is 2.17 bits per heavy atom. The Kier molecular flexibility index (Phi) is 7.41. The second-order valence-electron chi connectivity index (χ2n) is 9.08. The van der Waals surface area contributed by atoms with E-state index < -0.39 is 48.8 Å². The highest BCUT2D eigenvalue weighted by Crippen LogP contribution is 2.50. The molecule has 0 aliphatic heterocycles. The predicted molar refractivity (Wildman–Crippen MR) is 125 cm³/mol. The molecule has 8 nitrogen and oxygen atoms in total. The monoisotopic (exact) mass is 566 g/mol. The molecule has 2 aromatic rings. The number of amides is 1. The molecule has 0 aromatic heterocycles. The van der Waals surface area contributed by atoms with Crippen molar-refractivity contribution in [3.8, 4) is 0 Å². The average Bonchev–Trinajstić information content (AvgIpc) is 3.07. The van der Waals surface area contributed by atoms with E-state index in [4.69, 9.17) is 20.9 Å². The van der Waals surface area contributed by atoms with Crippen LogP contribution in [0.5, 0.6) is 0 Å². The van der Waals surface area contributed by atoms with Gasteiger partial charge in [0.05, 0.1) is 21.8 Å². The summed E-state index contributed by atoms with van der Waals surface area (Å²) in [5.41, 5.74) is -0.487. The van der Waals surface area contributed by atoms with Gasteiger partial charge in [-0.3, -0.25) is 8.98 Å². The zero-order valence-corrected chi connectivity index (χ0v) is 21.0. The summed E-state index contributed by atoms with van der Waals surface area (Å²) < 4.78 is 94.3. The zero-order valence-electron chi connectivity index (χ0n) is 18.6. The predicted octanol–water partition coefficient (Wildman–Crippen LogP) is 3.81. The van der Waals surface area contributed by atoms with E-state index in [2.05, 4.69) is 5.32 Å². The van der Waals surface area contributed by atoms with E-state index in [-0.39, 0.29) is 45.5 Å². The molecule has 0 spiro atoms. The maximum Gasteiger partial charge on any atom is 0.333 e. The lowest BCUT2D eigenvalue weighted by Crippen LogP contribution is -2.39. The van der Waals surface area contributed by atoms with E-state index in [0.717, 1.165) is 6.07 Å². The third-order valence-electron chi connectivity index (χ3n) is 6.68. The molecule has 14 heteroatoms. The minimum atomic E-state index is -4.10. The van der Waals surface area contributed by atoms with Gasteiger partial charge in [-0.15, -0.1) is 0 Å². The van der Waals surface area contributed by atoms with Crippen LogP contribution in [-0.4, -0.2) is 34.6 Å². The maximum absolute atomic E-state index is 13.6. The summed E-state index contributed by atoms with van der Waals surface area (Å²) in [6, 6.07) is 4.78. The third kappa shape index (κ3) is 5.54. The Morgan fingerprint density at radius 1 is 1.03 bits per heavy atom. The van der Waals surface area contributed by atoms with Gasteiger partial charge in [0.1, 0.15) is 0 Å². The number of rotatable bonds is 7. The van der Waals surface area contributed by atoms with Crippen molar-refractivity contribution in [2.45, 2.75) is 35.8 Å². The first kappa shape index (κ1) is 26.9. The van der Waals surface area contributed by atoms with Gasteiger partial charge in [-0.1, -0.05) is 11.6 Å².